The van der Waals surface area contributed by atoms with E-state index in [-0.39, 0.29) is 11.1 Å². The fourth-order valence-electron chi connectivity index (χ4n) is 1.43. The highest BCUT2D eigenvalue weighted by molar-refractivity contribution is 7.15. The first-order valence-corrected chi connectivity index (χ1v) is 6.49. The van der Waals surface area contributed by atoms with Gasteiger partial charge in [0.25, 0.3) is 11.1 Å². The van der Waals surface area contributed by atoms with E-state index >= 15 is 0 Å². The summed E-state index contributed by atoms with van der Waals surface area (Å²) in [5, 5.41) is 6.49. The van der Waals surface area contributed by atoms with Crippen molar-refractivity contribution in [1.29, 1.82) is 0 Å². The molecular formula is C11H14N4O2S. The van der Waals surface area contributed by atoms with Crippen molar-refractivity contribution in [3.8, 4) is 0 Å². The van der Waals surface area contributed by atoms with Crippen LogP contribution in [0.3, 0.4) is 0 Å². The number of aromatic amines is 1. The lowest BCUT2D eigenvalue weighted by Crippen LogP contribution is -2.28. The molecule has 0 saturated carbocycles. The van der Waals surface area contributed by atoms with Crippen LogP contribution < -0.4 is 16.4 Å². The minimum absolute atomic E-state index is 0.230. The molecule has 2 heterocycles. The molecule has 2 aromatic heterocycles. The molecule has 0 aliphatic heterocycles. The third-order valence-corrected chi connectivity index (χ3v) is 3.22. The highest BCUT2D eigenvalue weighted by Gasteiger charge is 2.03. The molecule has 2 aromatic rings. The molecule has 2 rings (SSSR count). The average molecular weight is 266 g/mol. The van der Waals surface area contributed by atoms with E-state index < -0.39 is 0 Å². The molecule has 0 unspecified atom stereocenters. The monoisotopic (exact) mass is 266 g/mol. The molecule has 0 atom stereocenters. The van der Waals surface area contributed by atoms with Crippen molar-refractivity contribution in [3.63, 3.8) is 0 Å². The Morgan fingerprint density at radius 3 is 3.06 bits per heavy atom. The zero-order valence-electron chi connectivity index (χ0n) is 9.97. The predicted molar refractivity (Wildman–Crippen MR) is 71.3 cm³/mol. The van der Waals surface area contributed by atoms with E-state index in [0.717, 1.165) is 23.0 Å². The van der Waals surface area contributed by atoms with Crippen LogP contribution in [0.2, 0.25) is 0 Å². The molecule has 7 heteroatoms. The maximum absolute atomic E-state index is 11.5. The van der Waals surface area contributed by atoms with Gasteiger partial charge in [0.05, 0.1) is 6.54 Å². The zero-order valence-corrected chi connectivity index (χ0v) is 10.8. The van der Waals surface area contributed by atoms with Gasteiger partial charge in [-0.2, -0.15) is 0 Å². The number of hydrogen-bond donors (Lipinski definition) is 2. The fourth-order valence-corrected chi connectivity index (χ4v) is 2.26. The van der Waals surface area contributed by atoms with Gasteiger partial charge in [0, 0.05) is 29.8 Å². The summed E-state index contributed by atoms with van der Waals surface area (Å²) in [6.45, 7) is 3.28. The molecule has 0 spiro atoms. The molecular weight excluding hydrogens is 252 g/mol. The minimum atomic E-state index is -0.288. The molecule has 2 N–H and O–H groups in total. The van der Waals surface area contributed by atoms with E-state index in [1.165, 1.54) is 28.2 Å². The third kappa shape index (κ3) is 3.07. The van der Waals surface area contributed by atoms with Crippen LogP contribution in [0.1, 0.15) is 18.2 Å². The van der Waals surface area contributed by atoms with Crippen molar-refractivity contribution >= 4 is 16.5 Å². The van der Waals surface area contributed by atoms with Gasteiger partial charge in [-0.25, -0.2) is 9.67 Å². The van der Waals surface area contributed by atoms with Crippen LogP contribution in [0.4, 0.5) is 5.13 Å². The van der Waals surface area contributed by atoms with Crippen LogP contribution >= 0.6 is 11.3 Å². The number of thiazole rings is 1. The Balaban J connectivity index is 2.13. The Labute approximate surface area is 107 Å². The number of rotatable bonds is 5. The number of nitrogens with zero attached hydrogens (tertiary/aromatic N) is 2. The average Bonchev–Trinajstić information content (AvgIpc) is 2.79. The van der Waals surface area contributed by atoms with Gasteiger partial charge < -0.3 is 5.32 Å². The molecule has 0 bridgehead atoms. The van der Waals surface area contributed by atoms with Crippen molar-refractivity contribution < 1.29 is 0 Å². The lowest BCUT2D eigenvalue weighted by atomic mass is 10.5. The molecule has 96 valence electrons. The Morgan fingerprint density at radius 2 is 2.28 bits per heavy atom. The maximum Gasteiger partial charge on any atom is 0.265 e. The van der Waals surface area contributed by atoms with Gasteiger partial charge in [0.15, 0.2) is 5.13 Å². The highest BCUT2D eigenvalue weighted by atomic mass is 32.1. The molecule has 0 aliphatic rings. The Hall–Kier alpha value is -1.89. The van der Waals surface area contributed by atoms with Crippen molar-refractivity contribution in [1.82, 2.24) is 14.8 Å². The zero-order chi connectivity index (χ0) is 13.0. The standard InChI is InChI=1S/C11H14N4O2S/c1-2-5-12-11-13-6-8(18-11)7-15-10(17)4-3-9(16)14-15/h3-4,6H,2,5,7H2,1H3,(H,12,13)(H,14,16). The second-order valence-corrected chi connectivity index (χ2v) is 4.91. The Kier molecular flexibility index (Phi) is 3.93. The van der Waals surface area contributed by atoms with Crippen molar-refractivity contribution in [2.24, 2.45) is 0 Å². The van der Waals surface area contributed by atoms with Crippen LogP contribution in [0, 0.1) is 0 Å². The lowest BCUT2D eigenvalue weighted by Gasteiger charge is -2.01. The van der Waals surface area contributed by atoms with Gasteiger partial charge in [-0.1, -0.05) is 6.92 Å². The highest BCUT2D eigenvalue weighted by Crippen LogP contribution is 2.18. The van der Waals surface area contributed by atoms with Gasteiger partial charge in [-0.3, -0.25) is 14.7 Å². The van der Waals surface area contributed by atoms with Crippen molar-refractivity contribution in [2.75, 3.05) is 11.9 Å². The first-order valence-electron chi connectivity index (χ1n) is 5.68. The molecule has 0 aromatic carbocycles. The van der Waals surface area contributed by atoms with Gasteiger partial charge in [0.2, 0.25) is 0 Å². The predicted octanol–water partition coefficient (Wildman–Crippen LogP) is 0.863. The number of aromatic nitrogens is 3. The fraction of sp³-hybridized carbons (Fsp3) is 0.364. The van der Waals surface area contributed by atoms with E-state index in [4.69, 9.17) is 0 Å². The normalized spacial score (nSPS) is 10.5. The summed E-state index contributed by atoms with van der Waals surface area (Å²) in [5.41, 5.74) is -0.519. The molecule has 0 amide bonds. The number of H-pyrrole nitrogens is 1. The number of anilines is 1. The molecule has 0 aliphatic carbocycles. The van der Waals surface area contributed by atoms with Crippen LogP contribution in [0.5, 0.6) is 0 Å². The first-order chi connectivity index (χ1) is 8.69. The van der Waals surface area contributed by atoms with Crippen molar-refractivity contribution in [2.45, 2.75) is 19.9 Å². The second kappa shape index (κ2) is 5.63. The molecule has 0 saturated heterocycles. The molecule has 6 nitrogen and oxygen atoms in total. The SMILES string of the molecule is CCCNc1ncc(Cn2[nH]c(=O)ccc2=O)s1. The largest absolute Gasteiger partial charge is 0.362 e. The molecule has 18 heavy (non-hydrogen) atoms. The van der Waals surface area contributed by atoms with E-state index in [1.54, 1.807) is 6.20 Å². The van der Waals surface area contributed by atoms with E-state index in [1.807, 2.05) is 0 Å². The van der Waals surface area contributed by atoms with E-state index in [0.29, 0.717) is 6.54 Å². The first kappa shape index (κ1) is 12.6. The van der Waals surface area contributed by atoms with Crippen LogP contribution in [0.25, 0.3) is 0 Å². The van der Waals surface area contributed by atoms with Gasteiger partial charge in [-0.05, 0) is 6.42 Å². The smallest absolute Gasteiger partial charge is 0.265 e. The number of nitrogens with one attached hydrogen (secondary N) is 2. The summed E-state index contributed by atoms with van der Waals surface area (Å²) in [4.78, 5) is 27.8. The van der Waals surface area contributed by atoms with Crippen LogP contribution in [0.15, 0.2) is 27.9 Å². The van der Waals surface area contributed by atoms with Crippen LogP contribution in [-0.4, -0.2) is 21.3 Å². The van der Waals surface area contributed by atoms with Gasteiger partial charge in [0.1, 0.15) is 0 Å². The lowest BCUT2D eigenvalue weighted by molar-refractivity contribution is 0.633. The van der Waals surface area contributed by atoms with E-state index in [9.17, 15) is 9.59 Å². The quantitative estimate of drug-likeness (QED) is 0.841. The van der Waals surface area contributed by atoms with E-state index in [2.05, 4.69) is 22.3 Å². The van der Waals surface area contributed by atoms with Crippen molar-refractivity contribution in [3.05, 3.63) is 43.9 Å². The Morgan fingerprint density at radius 1 is 1.44 bits per heavy atom. The number of hydrogen-bond acceptors (Lipinski definition) is 5. The summed E-state index contributed by atoms with van der Waals surface area (Å²) >= 11 is 1.48. The summed E-state index contributed by atoms with van der Waals surface area (Å²) in [6, 6.07) is 2.48. The molecule has 0 radical (unpaired) electrons. The summed E-state index contributed by atoms with van der Waals surface area (Å²) < 4.78 is 1.28. The Bertz CT molecular complexity index is 628. The van der Waals surface area contributed by atoms with Gasteiger partial charge >= 0.3 is 0 Å². The maximum atomic E-state index is 11.5. The summed E-state index contributed by atoms with van der Waals surface area (Å²) in [5.74, 6) is 0. The molecule has 0 fully saturated rings. The second-order valence-electron chi connectivity index (χ2n) is 3.79. The van der Waals surface area contributed by atoms with Crippen LogP contribution in [-0.2, 0) is 6.54 Å². The van der Waals surface area contributed by atoms with Gasteiger partial charge in [-0.15, -0.1) is 11.3 Å². The minimum Gasteiger partial charge on any atom is -0.362 e. The summed E-state index contributed by atoms with van der Waals surface area (Å²) in [7, 11) is 0. The summed E-state index contributed by atoms with van der Waals surface area (Å²) in [6.07, 6.45) is 2.74. The topological polar surface area (TPSA) is 79.8 Å². The third-order valence-electron chi connectivity index (χ3n) is 2.28.